The molecule has 2 N–H and O–H groups in total. The van der Waals surface area contributed by atoms with E-state index in [0.29, 0.717) is 30.1 Å². The van der Waals surface area contributed by atoms with E-state index in [1.165, 1.54) is 7.11 Å². The fourth-order valence-electron chi connectivity index (χ4n) is 10.9. The molecule has 6 aromatic carbocycles. The molecule has 67 heavy (non-hydrogen) atoms. The first-order valence-corrected chi connectivity index (χ1v) is 23.7. The molecular weight excluding hydrogens is 841 g/mol. The number of aliphatic hydroxyl groups is 2. The summed E-state index contributed by atoms with van der Waals surface area (Å²) in [6.07, 6.45) is 8.38. The van der Waals surface area contributed by atoms with Crippen molar-refractivity contribution in [2.75, 3.05) is 26.9 Å². The summed E-state index contributed by atoms with van der Waals surface area (Å²) >= 11 is 0. The minimum Gasteiger partial charge on any atom is -0.459 e. The van der Waals surface area contributed by atoms with E-state index >= 15 is 0 Å². The molecule has 6 atom stereocenters. The van der Waals surface area contributed by atoms with E-state index in [2.05, 4.69) is 61.2 Å². The Morgan fingerprint density at radius 1 is 0.821 bits per heavy atom. The summed E-state index contributed by atoms with van der Waals surface area (Å²) in [5.41, 5.74) is 4.55. The van der Waals surface area contributed by atoms with Gasteiger partial charge in [-0.15, -0.1) is 6.58 Å². The Hall–Kier alpha value is -6.46. The van der Waals surface area contributed by atoms with E-state index in [1.807, 2.05) is 84.9 Å². The lowest BCUT2D eigenvalue weighted by atomic mass is 9.55. The number of carbonyl (C=O) groups excluding carboxylic acids is 1. The smallest absolute Gasteiger partial charge is 0.410 e. The number of hydrogen-bond donors (Lipinski definition) is 2. The minimum absolute atomic E-state index is 0.0409. The van der Waals surface area contributed by atoms with Crippen LogP contribution in [0.15, 0.2) is 163 Å². The molecule has 0 aromatic heterocycles. The average Bonchev–Trinajstić information content (AvgIpc) is 3.36. The molecule has 1 saturated carbocycles. The third-order valence-electron chi connectivity index (χ3n) is 13.9. The number of methoxy groups -OCH3 is 1. The number of rotatable bonds is 19. The van der Waals surface area contributed by atoms with Gasteiger partial charge in [-0.2, -0.15) is 0 Å². The van der Waals surface area contributed by atoms with Gasteiger partial charge in [0.1, 0.15) is 29.9 Å². The van der Waals surface area contributed by atoms with Gasteiger partial charge in [-0.1, -0.05) is 133 Å². The zero-order valence-electron chi connectivity index (χ0n) is 38.2. The highest BCUT2D eigenvalue weighted by Crippen LogP contribution is 2.62. The average molecular weight is 901 g/mol. The molecule has 1 aliphatic heterocycles. The zero-order valence-corrected chi connectivity index (χ0v) is 38.2. The van der Waals surface area contributed by atoms with Crippen LogP contribution in [-0.4, -0.2) is 65.7 Å². The van der Waals surface area contributed by atoms with E-state index in [9.17, 15) is 15.0 Å². The van der Waals surface area contributed by atoms with Crippen LogP contribution in [0, 0.1) is 17.8 Å². The molecule has 2 aliphatic carbocycles. The summed E-state index contributed by atoms with van der Waals surface area (Å²) in [6.45, 7) is 4.88. The number of allylic oxidation sites excluding steroid dienone is 1. The van der Waals surface area contributed by atoms with Crippen LogP contribution in [0.25, 0.3) is 21.5 Å². The Labute approximate surface area is 393 Å². The van der Waals surface area contributed by atoms with Crippen molar-refractivity contribution in [3.63, 3.8) is 0 Å². The SMILES string of the molecule is C=CCO[C@@]12Oc3ccc(Oc4ccc5ccccc5c4)cc3[C@H]3[C@H](CCCCO)[C@@H](CCCCO)C=C(C(=NOCc4ccccc4)C[C@@H]1N(Cc1cccc4ccccc14)C(=O)OC)[C@H]32. The second kappa shape index (κ2) is 21.0. The Kier molecular flexibility index (Phi) is 14.3. The van der Waals surface area contributed by atoms with Crippen molar-refractivity contribution in [2.24, 2.45) is 22.9 Å². The fraction of sp³-hybridized carbons (Fsp3) is 0.333. The van der Waals surface area contributed by atoms with Crippen LogP contribution in [0.1, 0.15) is 67.6 Å². The lowest BCUT2D eigenvalue weighted by Crippen LogP contribution is -2.70. The van der Waals surface area contributed by atoms with Gasteiger partial charge >= 0.3 is 6.09 Å². The van der Waals surface area contributed by atoms with Gasteiger partial charge in [0.25, 0.3) is 0 Å². The molecule has 3 aliphatic rings. The first kappa shape index (κ1) is 45.7. The molecule has 1 amide bonds. The normalized spacial score (nSPS) is 22.3. The largest absolute Gasteiger partial charge is 0.459 e. The van der Waals surface area contributed by atoms with Gasteiger partial charge in [0.2, 0.25) is 5.79 Å². The lowest BCUT2D eigenvalue weighted by molar-refractivity contribution is -0.256. The first-order valence-electron chi connectivity index (χ1n) is 23.7. The zero-order chi connectivity index (χ0) is 46.2. The van der Waals surface area contributed by atoms with E-state index in [0.717, 1.165) is 75.2 Å². The standard InChI is InChI=1S/C57H60N2O8/c1-3-32-64-57-53(59(56(62)63-2)37-44-23-15-22-41-19-9-10-24-47(41)44)36-51(58-65-38-39-16-5-4-6-17-39)49-34-43(21-11-13-30-60)48(25-12-14-31-61)54(55(49)57)50-35-46(28-29-52(50)67-57)66-45-27-26-40-18-7-8-20-42(40)33-45/h3-10,15-20,22-24,26-29,33-35,43,48,53-55,60-61H,1,11-14,21,25,30-32,36-38H2,2H3/t43-,48+,53-,54+,55+,57+/m0/s1. The van der Waals surface area contributed by atoms with Crippen LogP contribution in [0.5, 0.6) is 17.2 Å². The molecule has 0 unspecified atom stereocenters. The Balaban J connectivity index is 1.24. The summed E-state index contributed by atoms with van der Waals surface area (Å²) in [4.78, 5) is 22.6. The van der Waals surface area contributed by atoms with Crippen LogP contribution >= 0.6 is 0 Å². The molecule has 346 valence electrons. The third-order valence-corrected chi connectivity index (χ3v) is 13.9. The van der Waals surface area contributed by atoms with Crippen LogP contribution in [-0.2, 0) is 27.5 Å². The second-order valence-electron chi connectivity index (χ2n) is 17.9. The number of nitrogens with zero attached hydrogens (tertiary/aromatic N) is 2. The van der Waals surface area contributed by atoms with E-state index in [4.69, 9.17) is 28.9 Å². The van der Waals surface area contributed by atoms with E-state index in [-0.39, 0.29) is 57.1 Å². The molecular formula is C57H60N2O8. The number of aliphatic hydroxyl groups excluding tert-OH is 2. The maximum absolute atomic E-state index is 14.6. The summed E-state index contributed by atoms with van der Waals surface area (Å²) < 4.78 is 27.1. The van der Waals surface area contributed by atoms with Gasteiger partial charge in [0.15, 0.2) is 0 Å². The molecule has 0 bridgehead atoms. The quantitative estimate of drug-likeness (QED) is 0.0469. The number of ether oxygens (including phenoxy) is 4. The number of unbranched alkanes of at least 4 members (excludes halogenated alkanes) is 2. The number of benzene rings is 6. The molecule has 9 rings (SSSR count). The molecule has 6 aromatic rings. The number of amides is 1. The van der Waals surface area contributed by atoms with Crippen molar-refractivity contribution in [1.29, 1.82) is 0 Å². The lowest BCUT2D eigenvalue weighted by Gasteiger charge is -2.59. The van der Waals surface area contributed by atoms with Crippen LogP contribution in [0.3, 0.4) is 0 Å². The van der Waals surface area contributed by atoms with Crippen molar-refractivity contribution < 1.29 is 38.8 Å². The summed E-state index contributed by atoms with van der Waals surface area (Å²) in [6, 6.07) is 43.8. The first-order chi connectivity index (χ1) is 32.9. The monoisotopic (exact) mass is 900 g/mol. The van der Waals surface area contributed by atoms with Gasteiger partial charge in [0.05, 0.1) is 31.9 Å². The Bertz CT molecular complexity index is 2730. The molecule has 10 nitrogen and oxygen atoms in total. The van der Waals surface area contributed by atoms with Gasteiger partial charge in [-0.3, -0.25) is 4.90 Å². The van der Waals surface area contributed by atoms with Crippen molar-refractivity contribution in [3.8, 4) is 17.2 Å². The van der Waals surface area contributed by atoms with Gasteiger partial charge in [0, 0.05) is 31.1 Å². The summed E-state index contributed by atoms with van der Waals surface area (Å²) in [5, 5.41) is 29.4. The molecule has 0 spiro atoms. The second-order valence-corrected chi connectivity index (χ2v) is 17.9. The fourth-order valence-corrected chi connectivity index (χ4v) is 10.9. The van der Waals surface area contributed by atoms with Gasteiger partial charge < -0.3 is 34.0 Å². The maximum atomic E-state index is 14.6. The van der Waals surface area contributed by atoms with Crippen LogP contribution < -0.4 is 9.47 Å². The van der Waals surface area contributed by atoms with Gasteiger partial charge in [-0.05, 0) is 106 Å². The van der Waals surface area contributed by atoms with E-state index in [1.54, 1.807) is 11.0 Å². The molecule has 0 radical (unpaired) electrons. The van der Waals surface area contributed by atoms with Crippen LogP contribution in [0.2, 0.25) is 0 Å². The Morgan fingerprint density at radius 2 is 1.54 bits per heavy atom. The van der Waals surface area contributed by atoms with Crippen molar-refractivity contribution in [2.45, 2.75) is 75.8 Å². The van der Waals surface area contributed by atoms with E-state index < -0.39 is 23.8 Å². The third kappa shape index (κ3) is 9.57. The van der Waals surface area contributed by atoms with Crippen molar-refractivity contribution in [3.05, 3.63) is 174 Å². The highest BCUT2D eigenvalue weighted by atomic mass is 16.7. The highest BCUT2D eigenvalue weighted by Gasteiger charge is 2.65. The minimum atomic E-state index is -1.46. The number of hydrogen-bond acceptors (Lipinski definition) is 9. The van der Waals surface area contributed by atoms with Gasteiger partial charge in [-0.25, -0.2) is 4.79 Å². The number of oxime groups is 1. The predicted octanol–water partition coefficient (Wildman–Crippen LogP) is 11.9. The predicted molar refractivity (Wildman–Crippen MR) is 262 cm³/mol. The topological polar surface area (TPSA) is 119 Å². The maximum Gasteiger partial charge on any atom is 0.410 e. The van der Waals surface area contributed by atoms with Crippen molar-refractivity contribution in [1.82, 2.24) is 4.90 Å². The summed E-state index contributed by atoms with van der Waals surface area (Å²) in [5.74, 6) is -0.0574. The molecule has 1 heterocycles. The number of fused-ring (bicyclic) bond motifs is 4. The summed E-state index contributed by atoms with van der Waals surface area (Å²) in [7, 11) is 1.41. The van der Waals surface area contributed by atoms with Crippen molar-refractivity contribution >= 4 is 33.3 Å². The van der Waals surface area contributed by atoms with Crippen LogP contribution in [0.4, 0.5) is 4.79 Å². The molecule has 1 fully saturated rings. The Morgan fingerprint density at radius 3 is 2.33 bits per heavy atom. The molecule has 0 saturated heterocycles. The highest BCUT2D eigenvalue weighted by molar-refractivity contribution is 6.03. The molecule has 10 heteroatoms. The number of carbonyl (C=O) groups is 1.